The van der Waals surface area contributed by atoms with E-state index in [0.717, 1.165) is 6.07 Å². The van der Waals surface area contributed by atoms with Gasteiger partial charge in [0.1, 0.15) is 23.2 Å². The number of nitrogens with one attached hydrogen (secondary N) is 1. The number of rotatable bonds is 3. The van der Waals surface area contributed by atoms with Crippen LogP contribution < -0.4 is 25.4 Å². The molecule has 4 atom stereocenters. The van der Waals surface area contributed by atoms with Crippen LogP contribution in [0.2, 0.25) is 0 Å². The first kappa shape index (κ1) is 29.8. The predicted octanol–water partition coefficient (Wildman–Crippen LogP) is 5.00. The van der Waals surface area contributed by atoms with Gasteiger partial charge in [0.15, 0.2) is 17.4 Å². The number of hydrogen-bond acceptors (Lipinski definition) is 8. The van der Waals surface area contributed by atoms with Crippen molar-refractivity contribution in [3.63, 3.8) is 0 Å². The van der Waals surface area contributed by atoms with Crippen LogP contribution in [0.4, 0.5) is 33.5 Å². The number of nitrogens with two attached hydrogens (primary N) is 1. The summed E-state index contributed by atoms with van der Waals surface area (Å²) in [5.41, 5.74) is 4.36. The van der Waals surface area contributed by atoms with Crippen LogP contribution in [-0.2, 0) is 4.79 Å². The number of amides is 1. The molecule has 4 aliphatic heterocycles. The Morgan fingerprint density at radius 1 is 1.13 bits per heavy atom. The number of aryl methyl sites for hydroxylation is 2. The van der Waals surface area contributed by atoms with Gasteiger partial charge in [-0.15, -0.1) is 13.2 Å². The number of likely N-dealkylation sites (tertiary alicyclic amines) is 1. The molecule has 7 rings (SSSR count). The molecule has 14 heteroatoms. The molecular formula is C31H33F5N6O3. The summed E-state index contributed by atoms with van der Waals surface area (Å²) in [5, 5.41) is 3.84. The van der Waals surface area contributed by atoms with Gasteiger partial charge in [-0.1, -0.05) is 13.8 Å². The van der Waals surface area contributed by atoms with Gasteiger partial charge in [-0.3, -0.25) is 10.1 Å². The van der Waals surface area contributed by atoms with Gasteiger partial charge in [-0.25, -0.2) is 18.7 Å². The lowest BCUT2D eigenvalue weighted by molar-refractivity contribution is -0.275. The van der Waals surface area contributed by atoms with Gasteiger partial charge in [-0.2, -0.15) is 0 Å². The largest absolute Gasteiger partial charge is 0.573 e. The molecule has 4 aliphatic rings. The minimum Gasteiger partial charge on any atom is -0.472 e. The smallest absolute Gasteiger partial charge is 0.472 e. The molecular weight excluding hydrogens is 599 g/mol. The number of carbonyl (C=O) groups is 1. The summed E-state index contributed by atoms with van der Waals surface area (Å²) in [4.78, 5) is 27.0. The maximum atomic E-state index is 16.7. The van der Waals surface area contributed by atoms with Gasteiger partial charge >= 0.3 is 6.36 Å². The van der Waals surface area contributed by atoms with Crippen molar-refractivity contribution < 1.29 is 36.2 Å². The van der Waals surface area contributed by atoms with Crippen molar-refractivity contribution in [2.45, 2.75) is 77.5 Å². The van der Waals surface area contributed by atoms with E-state index in [1.165, 1.54) is 0 Å². The highest BCUT2D eigenvalue weighted by atomic mass is 19.4. The third-order valence-corrected chi connectivity index (χ3v) is 9.60. The number of nitrogens with zero attached hydrogens (tertiary/aromatic N) is 4. The molecule has 4 unspecified atom stereocenters. The molecule has 45 heavy (non-hydrogen) atoms. The lowest BCUT2D eigenvalue weighted by Crippen LogP contribution is -2.73. The maximum absolute atomic E-state index is 16.7. The Labute approximate surface area is 255 Å². The first-order chi connectivity index (χ1) is 21.0. The van der Waals surface area contributed by atoms with E-state index in [4.69, 9.17) is 15.5 Å². The molecule has 2 aromatic heterocycles. The summed E-state index contributed by atoms with van der Waals surface area (Å²) in [6.45, 7) is 11.0. The number of piperazine rings is 1. The van der Waals surface area contributed by atoms with Crippen LogP contribution in [0.5, 0.6) is 11.6 Å². The fourth-order valence-electron chi connectivity index (χ4n) is 7.67. The average molecular weight is 633 g/mol. The van der Waals surface area contributed by atoms with Crippen molar-refractivity contribution in [2.75, 3.05) is 30.3 Å². The topological polar surface area (TPSA) is 106 Å². The Bertz CT molecular complexity index is 1770. The van der Waals surface area contributed by atoms with E-state index in [2.05, 4.69) is 28.9 Å². The summed E-state index contributed by atoms with van der Waals surface area (Å²) in [6.07, 6.45) is -4.53. The quantitative estimate of drug-likeness (QED) is 0.307. The van der Waals surface area contributed by atoms with Crippen LogP contribution in [0.25, 0.3) is 22.0 Å². The number of fused-ring (bicyclic) bond motifs is 5. The van der Waals surface area contributed by atoms with Crippen LogP contribution in [0.3, 0.4) is 0 Å². The van der Waals surface area contributed by atoms with E-state index in [1.807, 2.05) is 16.7 Å². The summed E-state index contributed by atoms with van der Waals surface area (Å²) in [6, 6.07) is 1.15. The predicted molar refractivity (Wildman–Crippen MR) is 156 cm³/mol. The van der Waals surface area contributed by atoms with Gasteiger partial charge in [0.2, 0.25) is 11.8 Å². The first-order valence-electron chi connectivity index (χ1n) is 14.8. The summed E-state index contributed by atoms with van der Waals surface area (Å²) >= 11 is 0. The molecule has 9 nitrogen and oxygen atoms in total. The van der Waals surface area contributed by atoms with E-state index in [1.54, 1.807) is 13.8 Å². The van der Waals surface area contributed by atoms with Crippen molar-refractivity contribution in [1.82, 2.24) is 20.2 Å². The van der Waals surface area contributed by atoms with Crippen LogP contribution in [0.1, 0.15) is 44.9 Å². The van der Waals surface area contributed by atoms with E-state index in [9.17, 15) is 22.4 Å². The number of halogens is 5. The van der Waals surface area contributed by atoms with E-state index in [-0.39, 0.29) is 52.3 Å². The number of aromatic nitrogens is 2. The van der Waals surface area contributed by atoms with Crippen LogP contribution in [0.15, 0.2) is 12.1 Å². The Hall–Kier alpha value is -3.94. The van der Waals surface area contributed by atoms with Crippen LogP contribution in [-0.4, -0.2) is 70.5 Å². The summed E-state index contributed by atoms with van der Waals surface area (Å²) in [5.74, 6) is -3.37. The lowest BCUT2D eigenvalue weighted by Gasteiger charge is -2.52. The number of carbonyl (C=O) groups excluding carboxylic acids is 1. The second kappa shape index (κ2) is 9.54. The molecule has 240 valence electrons. The third-order valence-electron chi connectivity index (χ3n) is 9.60. The highest BCUT2D eigenvalue weighted by Gasteiger charge is 2.59. The lowest BCUT2D eigenvalue weighted by atomic mass is 9.81. The van der Waals surface area contributed by atoms with E-state index >= 15 is 4.39 Å². The zero-order valence-corrected chi connectivity index (χ0v) is 25.4. The standard InChI is InChI=1S/C31H33F5N6O3/c1-13-14(2)38-26-21-20(13)22(33)23(17-8-16(37)9-18(32)25(17)45-31(34,35)36)39-27(21)44-15(3)24-19-6-7-30(40-19,12-42(24)26)28(43)41-10-29(4,5)11-41/h8-9,15,19,24,40H,6-7,10-12,37H2,1-5H3. The van der Waals surface area contributed by atoms with Crippen molar-refractivity contribution >= 4 is 28.2 Å². The van der Waals surface area contributed by atoms with Crippen LogP contribution in [0, 0.1) is 30.9 Å². The van der Waals surface area contributed by atoms with Gasteiger partial charge < -0.3 is 25.0 Å². The second-order valence-corrected chi connectivity index (χ2v) is 13.5. The normalized spacial score (nSPS) is 26.7. The summed E-state index contributed by atoms with van der Waals surface area (Å²) < 4.78 is 82.0. The maximum Gasteiger partial charge on any atom is 0.573 e. The molecule has 3 aromatic rings. The zero-order valence-electron chi connectivity index (χ0n) is 25.4. The molecule has 0 aliphatic carbocycles. The second-order valence-electron chi connectivity index (χ2n) is 13.5. The molecule has 1 amide bonds. The monoisotopic (exact) mass is 632 g/mol. The number of hydrogen-bond donors (Lipinski definition) is 2. The van der Waals surface area contributed by atoms with Crippen molar-refractivity contribution in [3.05, 3.63) is 35.0 Å². The molecule has 2 bridgehead atoms. The van der Waals surface area contributed by atoms with Gasteiger partial charge in [0.25, 0.3) is 0 Å². The number of anilines is 2. The number of ether oxygens (including phenoxy) is 2. The van der Waals surface area contributed by atoms with Gasteiger partial charge in [0, 0.05) is 48.5 Å². The molecule has 3 saturated heterocycles. The average Bonchev–Trinajstić information content (AvgIpc) is 3.22. The Morgan fingerprint density at radius 3 is 2.51 bits per heavy atom. The molecule has 0 saturated carbocycles. The molecule has 0 radical (unpaired) electrons. The van der Waals surface area contributed by atoms with Crippen molar-refractivity contribution in [1.29, 1.82) is 0 Å². The number of benzene rings is 1. The molecule has 1 aromatic carbocycles. The number of pyridine rings is 2. The fourth-order valence-corrected chi connectivity index (χ4v) is 7.67. The van der Waals surface area contributed by atoms with E-state index < -0.39 is 46.6 Å². The molecule has 6 heterocycles. The van der Waals surface area contributed by atoms with Gasteiger partial charge in [-0.05, 0) is 50.7 Å². The highest BCUT2D eigenvalue weighted by molar-refractivity contribution is 6.02. The Kier molecular flexibility index (Phi) is 6.30. The zero-order chi connectivity index (χ0) is 32.4. The number of alkyl halides is 3. The first-order valence-corrected chi connectivity index (χ1v) is 14.8. The van der Waals surface area contributed by atoms with E-state index in [0.29, 0.717) is 49.1 Å². The minimum atomic E-state index is -5.27. The van der Waals surface area contributed by atoms with Crippen LogP contribution >= 0.6 is 0 Å². The Balaban J connectivity index is 1.42. The number of nitrogen functional groups attached to an aromatic ring is 1. The summed E-state index contributed by atoms with van der Waals surface area (Å²) in [7, 11) is 0. The van der Waals surface area contributed by atoms with Crippen molar-refractivity contribution in [3.8, 4) is 22.9 Å². The molecule has 0 spiro atoms. The Morgan fingerprint density at radius 2 is 1.84 bits per heavy atom. The minimum absolute atomic E-state index is 0.0152. The fraction of sp³-hybridized carbons (Fsp3) is 0.516. The third kappa shape index (κ3) is 4.54. The highest BCUT2D eigenvalue weighted by Crippen LogP contribution is 2.49. The SMILES string of the molecule is Cc1nc2c3c(nc(-c4cc(N)cc(F)c4OC(F)(F)F)c(F)c3c1C)OC(C)C1C3CCC(C(=O)N4CC(C)(C)C4)(CN21)N3. The molecule has 3 fully saturated rings. The van der Waals surface area contributed by atoms with Crippen molar-refractivity contribution in [2.24, 2.45) is 5.41 Å². The molecule has 3 N–H and O–H groups in total. The van der Waals surface area contributed by atoms with Gasteiger partial charge in [0.05, 0.1) is 17.0 Å².